The van der Waals surface area contributed by atoms with E-state index >= 15 is 0 Å². The SMILES string of the molecule is CC1CN(S(=O)(=O)c2ccc(F)c(CO)c2)CC(C)(C)O1. The highest BCUT2D eigenvalue weighted by Gasteiger charge is 2.38. The van der Waals surface area contributed by atoms with Crippen LogP contribution in [-0.2, 0) is 21.4 Å². The summed E-state index contributed by atoms with van der Waals surface area (Å²) < 4.78 is 45.8. The van der Waals surface area contributed by atoms with Crippen molar-refractivity contribution < 1.29 is 22.7 Å². The molecule has 2 rings (SSSR count). The summed E-state index contributed by atoms with van der Waals surface area (Å²) in [5, 5.41) is 9.08. The summed E-state index contributed by atoms with van der Waals surface area (Å²) in [6.45, 7) is 5.40. The van der Waals surface area contributed by atoms with Crippen molar-refractivity contribution >= 4 is 10.0 Å². The van der Waals surface area contributed by atoms with Crippen molar-refractivity contribution in [2.45, 2.75) is 44.0 Å². The summed E-state index contributed by atoms with van der Waals surface area (Å²) in [6, 6.07) is 3.46. The Labute approximate surface area is 124 Å². The molecule has 1 heterocycles. The van der Waals surface area contributed by atoms with Crippen LogP contribution in [0.15, 0.2) is 23.1 Å². The number of morpholine rings is 1. The summed E-state index contributed by atoms with van der Waals surface area (Å²) in [6.07, 6.45) is -0.221. The summed E-state index contributed by atoms with van der Waals surface area (Å²) in [5.41, 5.74) is -0.610. The van der Waals surface area contributed by atoms with Gasteiger partial charge in [0.15, 0.2) is 0 Å². The molecule has 1 fully saturated rings. The monoisotopic (exact) mass is 317 g/mol. The van der Waals surface area contributed by atoms with Crippen LogP contribution in [0.25, 0.3) is 0 Å². The molecule has 118 valence electrons. The van der Waals surface area contributed by atoms with Crippen LogP contribution in [0.1, 0.15) is 26.3 Å². The fraction of sp³-hybridized carbons (Fsp3) is 0.571. The molecule has 21 heavy (non-hydrogen) atoms. The van der Waals surface area contributed by atoms with Gasteiger partial charge in [0.2, 0.25) is 10.0 Å². The maximum atomic E-state index is 13.4. The molecule has 0 saturated carbocycles. The Bertz CT molecular complexity index is 630. The number of aliphatic hydroxyl groups is 1. The van der Waals surface area contributed by atoms with Crippen LogP contribution in [0, 0.1) is 5.82 Å². The van der Waals surface area contributed by atoms with E-state index in [1.165, 1.54) is 16.4 Å². The van der Waals surface area contributed by atoms with Crippen LogP contribution < -0.4 is 0 Å². The van der Waals surface area contributed by atoms with Crippen molar-refractivity contribution in [2.75, 3.05) is 13.1 Å². The molecule has 0 aliphatic carbocycles. The minimum atomic E-state index is -3.74. The smallest absolute Gasteiger partial charge is 0.243 e. The van der Waals surface area contributed by atoms with E-state index in [1.807, 2.05) is 20.8 Å². The zero-order chi connectivity index (χ0) is 15.8. The molecule has 1 aliphatic heterocycles. The third-order valence-electron chi connectivity index (χ3n) is 3.36. The van der Waals surface area contributed by atoms with Gasteiger partial charge in [-0.3, -0.25) is 0 Å². The highest BCUT2D eigenvalue weighted by molar-refractivity contribution is 7.89. The van der Waals surface area contributed by atoms with Crippen LogP contribution in [0.3, 0.4) is 0 Å². The Morgan fingerprint density at radius 2 is 2.14 bits per heavy atom. The van der Waals surface area contributed by atoms with Crippen LogP contribution in [-0.4, -0.2) is 42.6 Å². The second-order valence-electron chi connectivity index (χ2n) is 5.90. The van der Waals surface area contributed by atoms with Crippen molar-refractivity contribution in [3.05, 3.63) is 29.6 Å². The van der Waals surface area contributed by atoms with Gasteiger partial charge in [0.1, 0.15) is 5.82 Å². The molecule has 0 aromatic heterocycles. The number of hydrogen-bond donors (Lipinski definition) is 1. The first-order valence-corrected chi connectivity index (χ1v) is 8.17. The number of ether oxygens (including phenoxy) is 1. The van der Waals surface area contributed by atoms with E-state index in [0.717, 1.165) is 6.07 Å². The standard InChI is InChI=1S/C14H20FNO4S/c1-10-7-16(9-14(2,3)20-10)21(18,19)12-4-5-13(15)11(6-12)8-17/h4-6,10,17H,7-9H2,1-3H3. The van der Waals surface area contributed by atoms with Gasteiger partial charge in [-0.2, -0.15) is 4.31 Å². The van der Waals surface area contributed by atoms with Gasteiger partial charge >= 0.3 is 0 Å². The van der Waals surface area contributed by atoms with E-state index < -0.39 is 28.0 Å². The molecule has 0 radical (unpaired) electrons. The molecule has 5 nitrogen and oxygen atoms in total. The van der Waals surface area contributed by atoms with Gasteiger partial charge in [-0.05, 0) is 39.0 Å². The van der Waals surface area contributed by atoms with Gasteiger partial charge in [0.25, 0.3) is 0 Å². The van der Waals surface area contributed by atoms with Crippen LogP contribution in [0.5, 0.6) is 0 Å². The molecule has 7 heteroatoms. The predicted molar refractivity (Wildman–Crippen MR) is 75.7 cm³/mol. The molecule has 1 N–H and O–H groups in total. The lowest BCUT2D eigenvalue weighted by Gasteiger charge is -2.40. The second-order valence-corrected chi connectivity index (χ2v) is 7.83. The Balaban J connectivity index is 2.37. The fourth-order valence-electron chi connectivity index (χ4n) is 2.56. The lowest BCUT2D eigenvalue weighted by Crippen LogP contribution is -2.53. The third kappa shape index (κ3) is 3.42. The topological polar surface area (TPSA) is 66.8 Å². The third-order valence-corrected chi connectivity index (χ3v) is 5.17. The van der Waals surface area contributed by atoms with E-state index in [9.17, 15) is 12.8 Å². The minimum absolute atomic E-state index is 0.0159. The normalized spacial score (nSPS) is 23.2. The van der Waals surface area contributed by atoms with Gasteiger partial charge in [-0.15, -0.1) is 0 Å². The zero-order valence-electron chi connectivity index (χ0n) is 12.3. The molecule has 1 atom stereocenters. The van der Waals surface area contributed by atoms with E-state index in [2.05, 4.69) is 0 Å². The number of nitrogens with zero attached hydrogens (tertiary/aromatic N) is 1. The molecule has 1 aliphatic rings. The maximum absolute atomic E-state index is 13.4. The number of rotatable bonds is 3. The zero-order valence-corrected chi connectivity index (χ0v) is 13.2. The van der Waals surface area contributed by atoms with Crippen LogP contribution in [0.4, 0.5) is 4.39 Å². The Morgan fingerprint density at radius 3 is 2.71 bits per heavy atom. The van der Waals surface area contributed by atoms with Gasteiger partial charge in [-0.25, -0.2) is 12.8 Å². The molecule has 1 saturated heterocycles. The summed E-state index contributed by atoms with van der Waals surface area (Å²) >= 11 is 0. The predicted octanol–water partition coefficient (Wildman–Crippen LogP) is 1.51. The van der Waals surface area contributed by atoms with E-state index in [-0.39, 0.29) is 29.7 Å². The average Bonchev–Trinajstić information content (AvgIpc) is 2.36. The summed E-state index contributed by atoms with van der Waals surface area (Å²) in [4.78, 5) is -0.0159. The first kappa shape index (κ1) is 16.4. The number of hydrogen-bond acceptors (Lipinski definition) is 4. The van der Waals surface area contributed by atoms with Gasteiger partial charge in [-0.1, -0.05) is 0 Å². The molecule has 1 aromatic rings. The number of benzene rings is 1. The first-order chi connectivity index (χ1) is 9.65. The lowest BCUT2D eigenvalue weighted by molar-refractivity contribution is -0.109. The van der Waals surface area contributed by atoms with Crippen molar-refractivity contribution in [3.63, 3.8) is 0 Å². The Morgan fingerprint density at radius 1 is 1.48 bits per heavy atom. The molecule has 1 aromatic carbocycles. The second kappa shape index (κ2) is 5.64. The van der Waals surface area contributed by atoms with E-state index in [4.69, 9.17) is 9.84 Å². The molecular formula is C14H20FNO4S. The lowest BCUT2D eigenvalue weighted by atomic mass is 10.1. The summed E-state index contributed by atoms with van der Waals surface area (Å²) in [7, 11) is -3.74. The Kier molecular flexibility index (Phi) is 4.39. The van der Waals surface area contributed by atoms with Crippen molar-refractivity contribution in [1.29, 1.82) is 0 Å². The van der Waals surface area contributed by atoms with Crippen molar-refractivity contribution in [2.24, 2.45) is 0 Å². The number of halogens is 1. The highest BCUT2D eigenvalue weighted by Crippen LogP contribution is 2.27. The summed E-state index contributed by atoms with van der Waals surface area (Å²) in [5.74, 6) is -0.618. The van der Waals surface area contributed by atoms with Gasteiger partial charge in [0.05, 0.1) is 23.2 Å². The first-order valence-electron chi connectivity index (χ1n) is 6.73. The molecular weight excluding hydrogens is 297 g/mol. The van der Waals surface area contributed by atoms with Gasteiger partial charge in [0, 0.05) is 18.7 Å². The maximum Gasteiger partial charge on any atom is 0.243 e. The van der Waals surface area contributed by atoms with Gasteiger partial charge < -0.3 is 9.84 Å². The quantitative estimate of drug-likeness (QED) is 0.917. The Hall–Kier alpha value is -1.02. The highest BCUT2D eigenvalue weighted by atomic mass is 32.2. The molecule has 1 unspecified atom stereocenters. The van der Waals surface area contributed by atoms with Crippen molar-refractivity contribution in [1.82, 2.24) is 4.31 Å². The number of aliphatic hydroxyl groups excluding tert-OH is 1. The largest absolute Gasteiger partial charge is 0.392 e. The van der Waals surface area contributed by atoms with Crippen LogP contribution >= 0.6 is 0 Å². The molecule has 0 bridgehead atoms. The molecule has 0 spiro atoms. The van der Waals surface area contributed by atoms with E-state index in [1.54, 1.807) is 0 Å². The minimum Gasteiger partial charge on any atom is -0.392 e. The van der Waals surface area contributed by atoms with Crippen LogP contribution in [0.2, 0.25) is 0 Å². The average molecular weight is 317 g/mol. The molecule has 0 amide bonds. The van der Waals surface area contributed by atoms with Crippen molar-refractivity contribution in [3.8, 4) is 0 Å². The fourth-order valence-corrected chi connectivity index (χ4v) is 4.28. The van der Waals surface area contributed by atoms with E-state index in [0.29, 0.717) is 0 Å². The number of sulfonamides is 1.